The Kier molecular flexibility index (Phi) is 24.2. The van der Waals surface area contributed by atoms with Crippen molar-refractivity contribution in [3.05, 3.63) is 0 Å². The Morgan fingerprint density at radius 3 is 1.16 bits per heavy atom. The Balaban J connectivity index is 1.42. The first-order valence-corrected chi connectivity index (χ1v) is 19.6. The van der Waals surface area contributed by atoms with Gasteiger partial charge in [0.1, 0.15) is 0 Å². The minimum Gasteiger partial charge on any atom is -0.396 e. The highest BCUT2D eigenvalue weighted by molar-refractivity contribution is 4.89. The third kappa shape index (κ3) is 19.3. The van der Waals surface area contributed by atoms with Crippen LogP contribution >= 0.6 is 0 Å². The highest BCUT2D eigenvalue weighted by Crippen LogP contribution is 2.34. The molecule has 2 heterocycles. The van der Waals surface area contributed by atoms with Gasteiger partial charge in [0.15, 0.2) is 0 Å². The van der Waals surface area contributed by atoms with Crippen molar-refractivity contribution in [2.45, 2.75) is 236 Å². The quantitative estimate of drug-likeness (QED) is 0.0505. The lowest BCUT2D eigenvalue weighted by Crippen LogP contribution is -2.33. The van der Waals surface area contributed by atoms with Gasteiger partial charge >= 0.3 is 0 Å². The van der Waals surface area contributed by atoms with E-state index in [1.54, 1.807) is 0 Å². The minimum atomic E-state index is -0.395. The maximum atomic E-state index is 10.7. The molecular weight excluding hydrogens is 568 g/mol. The Morgan fingerprint density at radius 1 is 0.444 bits per heavy atom. The molecule has 0 saturated carbocycles. The SMILES string of the molecule is CCC[C@H](O)CCCCCCCCCC[C@@H](O)[C@H]1CC[C@H]([C@H]2CC[C@H]([C@H](O)CCCCCCCCCC[C@@H](O)CCCO)O2)O1. The van der Waals surface area contributed by atoms with Crippen molar-refractivity contribution in [1.82, 2.24) is 0 Å². The third-order valence-corrected chi connectivity index (χ3v) is 10.3. The van der Waals surface area contributed by atoms with Crippen LogP contribution in [0.4, 0.5) is 0 Å². The van der Waals surface area contributed by atoms with Gasteiger partial charge in [-0.3, -0.25) is 0 Å². The molecule has 0 aromatic heterocycles. The Bertz CT molecular complexity index is 664. The maximum Gasteiger partial charge on any atom is 0.0842 e. The standard InChI is InChI=1S/C38H74O7/c1-2-20-31(40)21-15-11-7-3-5-9-13-17-24-33(42)35-26-28-37(44-35)38-29-27-36(45-38)34(43)25-18-14-10-6-4-8-12-16-22-32(41)23-19-30-39/h31-43H,2-30H2,1H3/t31-,32+,33+,34+,35+,36+,37+,38+/m0/s1. The molecule has 0 aromatic rings. The van der Waals surface area contributed by atoms with Crippen molar-refractivity contribution in [2.24, 2.45) is 0 Å². The van der Waals surface area contributed by atoms with Crippen molar-refractivity contribution < 1.29 is 35.0 Å². The van der Waals surface area contributed by atoms with Gasteiger partial charge in [-0.2, -0.15) is 0 Å². The van der Waals surface area contributed by atoms with Gasteiger partial charge in [0.2, 0.25) is 0 Å². The third-order valence-electron chi connectivity index (χ3n) is 10.3. The molecule has 2 saturated heterocycles. The van der Waals surface area contributed by atoms with Crippen LogP contribution in [-0.4, -0.2) is 81.0 Å². The van der Waals surface area contributed by atoms with E-state index in [2.05, 4.69) is 6.92 Å². The average Bonchev–Trinajstić information content (AvgIpc) is 3.72. The summed E-state index contributed by atoms with van der Waals surface area (Å²) >= 11 is 0. The van der Waals surface area contributed by atoms with Crippen LogP contribution in [0.3, 0.4) is 0 Å². The number of unbranched alkanes of at least 4 members (excludes halogenated alkanes) is 14. The zero-order valence-corrected chi connectivity index (χ0v) is 29.2. The summed E-state index contributed by atoms with van der Waals surface area (Å²) in [7, 11) is 0. The fourth-order valence-electron chi connectivity index (χ4n) is 7.40. The molecule has 0 aliphatic carbocycles. The predicted octanol–water partition coefficient (Wildman–Crippen LogP) is 7.90. The van der Waals surface area contributed by atoms with Crippen LogP contribution < -0.4 is 0 Å². The number of hydrogen-bond acceptors (Lipinski definition) is 7. The monoisotopic (exact) mass is 643 g/mol. The second-order valence-electron chi connectivity index (χ2n) is 14.5. The number of hydrogen-bond donors (Lipinski definition) is 5. The molecule has 0 spiro atoms. The van der Waals surface area contributed by atoms with Crippen LogP contribution in [0.5, 0.6) is 0 Å². The summed E-state index contributed by atoms with van der Waals surface area (Å²) in [6, 6.07) is 0. The molecule has 0 aromatic carbocycles. The molecule has 2 fully saturated rings. The van der Waals surface area contributed by atoms with Gasteiger partial charge in [0.05, 0.1) is 48.8 Å². The second kappa shape index (κ2) is 26.6. The highest BCUT2D eigenvalue weighted by atomic mass is 16.6. The minimum absolute atomic E-state index is 0.0487. The van der Waals surface area contributed by atoms with Gasteiger partial charge in [0, 0.05) is 6.61 Å². The highest BCUT2D eigenvalue weighted by Gasteiger charge is 2.40. The van der Waals surface area contributed by atoms with Crippen molar-refractivity contribution in [3.63, 3.8) is 0 Å². The number of rotatable bonds is 30. The summed E-state index contributed by atoms with van der Waals surface area (Å²) in [5.41, 5.74) is 0. The molecule has 0 unspecified atom stereocenters. The summed E-state index contributed by atoms with van der Waals surface area (Å²) in [6.45, 7) is 2.29. The zero-order valence-electron chi connectivity index (χ0n) is 29.2. The van der Waals surface area contributed by atoms with E-state index >= 15 is 0 Å². The van der Waals surface area contributed by atoms with Crippen LogP contribution in [0.2, 0.25) is 0 Å². The van der Waals surface area contributed by atoms with Crippen LogP contribution in [0, 0.1) is 0 Å². The van der Waals surface area contributed by atoms with Crippen molar-refractivity contribution in [2.75, 3.05) is 6.61 Å². The molecule has 2 aliphatic heterocycles. The molecule has 5 N–H and O–H groups in total. The normalized spacial score (nSPS) is 24.7. The van der Waals surface area contributed by atoms with Gasteiger partial charge in [0.25, 0.3) is 0 Å². The first-order chi connectivity index (χ1) is 21.9. The Labute approximate surface area is 276 Å². The molecule has 7 nitrogen and oxygen atoms in total. The maximum absolute atomic E-state index is 10.7. The molecule has 2 rings (SSSR count). The predicted molar refractivity (Wildman–Crippen MR) is 183 cm³/mol. The summed E-state index contributed by atoms with van der Waals surface area (Å²) in [5.74, 6) is 0. The molecule has 7 heteroatoms. The lowest BCUT2D eigenvalue weighted by molar-refractivity contribution is -0.110. The zero-order chi connectivity index (χ0) is 32.5. The molecule has 2 aliphatic rings. The fraction of sp³-hybridized carbons (Fsp3) is 1.00. The van der Waals surface area contributed by atoms with Crippen molar-refractivity contribution in [1.29, 1.82) is 0 Å². The first kappa shape index (κ1) is 40.9. The number of ether oxygens (including phenoxy) is 2. The topological polar surface area (TPSA) is 120 Å². The average molecular weight is 643 g/mol. The first-order valence-electron chi connectivity index (χ1n) is 19.6. The Morgan fingerprint density at radius 2 is 0.778 bits per heavy atom. The van der Waals surface area contributed by atoms with Crippen LogP contribution in [-0.2, 0) is 9.47 Å². The van der Waals surface area contributed by atoms with Crippen molar-refractivity contribution in [3.8, 4) is 0 Å². The number of aliphatic hydroxyl groups excluding tert-OH is 5. The van der Waals surface area contributed by atoms with E-state index in [4.69, 9.17) is 14.6 Å². The van der Waals surface area contributed by atoms with E-state index in [0.717, 1.165) is 96.3 Å². The fourth-order valence-corrected chi connectivity index (χ4v) is 7.40. The Hall–Kier alpha value is -0.280. The molecule has 8 atom stereocenters. The summed E-state index contributed by atoms with van der Waals surface area (Å²) in [6.07, 6.45) is 28.3. The van der Waals surface area contributed by atoms with Gasteiger partial charge < -0.3 is 35.0 Å². The van der Waals surface area contributed by atoms with Gasteiger partial charge in [-0.1, -0.05) is 116 Å². The lowest BCUT2D eigenvalue weighted by atomic mass is 10.00. The largest absolute Gasteiger partial charge is 0.396 e. The second-order valence-corrected chi connectivity index (χ2v) is 14.5. The van der Waals surface area contributed by atoms with Crippen LogP contribution in [0.15, 0.2) is 0 Å². The van der Waals surface area contributed by atoms with E-state index in [0.29, 0.717) is 12.8 Å². The summed E-state index contributed by atoms with van der Waals surface area (Å²) < 4.78 is 12.6. The molecule has 0 bridgehead atoms. The van der Waals surface area contributed by atoms with Crippen LogP contribution in [0.25, 0.3) is 0 Å². The summed E-state index contributed by atoms with van der Waals surface area (Å²) in [4.78, 5) is 0. The molecular formula is C38H74O7. The van der Waals surface area contributed by atoms with Crippen LogP contribution in [0.1, 0.15) is 187 Å². The molecule has 268 valence electrons. The van der Waals surface area contributed by atoms with E-state index in [9.17, 15) is 20.4 Å². The molecule has 0 amide bonds. The van der Waals surface area contributed by atoms with E-state index < -0.39 is 6.10 Å². The summed E-state index contributed by atoms with van der Waals surface area (Å²) in [5, 5.41) is 50.0. The lowest BCUT2D eigenvalue weighted by Gasteiger charge is -2.24. The smallest absolute Gasteiger partial charge is 0.0842 e. The molecule has 0 radical (unpaired) electrons. The van der Waals surface area contributed by atoms with E-state index in [1.165, 1.54) is 70.6 Å². The number of aliphatic hydroxyl groups is 5. The van der Waals surface area contributed by atoms with Gasteiger partial charge in [-0.05, 0) is 70.6 Å². The van der Waals surface area contributed by atoms with Crippen molar-refractivity contribution >= 4 is 0 Å². The van der Waals surface area contributed by atoms with Gasteiger partial charge in [-0.15, -0.1) is 0 Å². The van der Waals surface area contributed by atoms with Gasteiger partial charge in [-0.25, -0.2) is 0 Å². The molecule has 45 heavy (non-hydrogen) atoms. The van der Waals surface area contributed by atoms with E-state index in [-0.39, 0.29) is 49.3 Å². The van der Waals surface area contributed by atoms with E-state index in [1.807, 2.05) is 0 Å².